The molecule has 2 aromatic carbocycles. The van der Waals surface area contributed by atoms with Crippen molar-refractivity contribution in [3.63, 3.8) is 0 Å². The predicted octanol–water partition coefficient (Wildman–Crippen LogP) is -2.10. The van der Waals surface area contributed by atoms with E-state index in [9.17, 15) is 73.2 Å². The number of likely N-dealkylation sites (tertiary alicyclic amines) is 2. The number of phenolic OH excluding ortho intramolecular Hbond substituents is 1. The molecule has 0 radical (unpaired) electrons. The van der Waals surface area contributed by atoms with Crippen LogP contribution in [0.1, 0.15) is 104 Å². The Balaban J connectivity index is 1.48. The van der Waals surface area contributed by atoms with Crippen LogP contribution in [0.3, 0.4) is 0 Å². The number of thiol groups is 2. The minimum absolute atomic E-state index is 0.0259. The van der Waals surface area contributed by atoms with Crippen molar-refractivity contribution in [1.29, 1.82) is 0 Å². The number of nitrogens with one attached hydrogen (secondary N) is 8. The summed E-state index contributed by atoms with van der Waals surface area (Å²) in [7, 11) is 0. The van der Waals surface area contributed by atoms with Crippen molar-refractivity contribution in [1.82, 2.24) is 52.3 Å². The summed E-state index contributed by atoms with van der Waals surface area (Å²) in [6.45, 7) is 7.79. The Hall–Kier alpha value is -7.05. The molecule has 10 amide bonds. The molecule has 2 aliphatic heterocycles. The number of phenols is 1. The highest BCUT2D eigenvalue weighted by atomic mass is 32.1. The largest absolute Gasteiger partial charge is 0.508 e. The molecule has 0 unspecified atom stereocenters. The number of hydrogen-bond acceptors (Lipinski definition) is 18. The molecule has 2 saturated heterocycles. The maximum absolute atomic E-state index is 14.7. The number of carbonyl (C=O) groups is 11. The number of aliphatic hydroxyl groups is 2. The number of aliphatic hydroxyl groups excluding tert-OH is 2. The molecule has 14 atom stereocenters. The maximum Gasteiger partial charge on any atom is 0.326 e. The number of hydrogen-bond donors (Lipinski definition) is 16. The number of carbonyl (C=O) groups excluding carboxylic acids is 10. The standard InChI is InChI=1S/C59H90N12O15S2/c1-6-32(3)46(55(81)66-42(30-87)52(78)63-40(59(85)86)28-35-15-9-8-10-16-35)67-54(80)44-18-13-25-70(44)57(83)45-19-14-26-71(45)58(84)47(33(4)7-2)68-51(77)41(29-72)64-50(76)39(27-36-20-22-37(74)23-21-36)62-56(82)48(34(5)73)69-53(79)43(31-88)65-49(75)38(61)17-11-12-24-60/h8-10,15-16,20-23,32-34,38-48,72-74,87-88H,6-7,11-14,17-19,24-31,60-61H2,1-5H3,(H,62,82)(H,63,78)(H,64,76)(H,65,75)(H,66,81)(H,67,80)(H,68,77)(H,69,79)(H,85,86)/t32-,33-,34+,38-,39-,40-,41-,42-,43-,44-,45-,46-,47-,48-/m0/s1. The monoisotopic (exact) mass is 1270 g/mol. The lowest BCUT2D eigenvalue weighted by atomic mass is 9.96. The molecule has 0 saturated carbocycles. The Labute approximate surface area is 523 Å². The van der Waals surface area contributed by atoms with E-state index in [-0.39, 0.29) is 62.4 Å². The van der Waals surface area contributed by atoms with Crippen LogP contribution < -0.4 is 54.0 Å². The summed E-state index contributed by atoms with van der Waals surface area (Å²) in [5.41, 5.74) is 12.6. The van der Waals surface area contributed by atoms with Gasteiger partial charge in [0.2, 0.25) is 59.1 Å². The highest BCUT2D eigenvalue weighted by molar-refractivity contribution is 7.80. The van der Waals surface area contributed by atoms with Crippen molar-refractivity contribution in [2.24, 2.45) is 23.3 Å². The van der Waals surface area contributed by atoms with Gasteiger partial charge in [-0.2, -0.15) is 25.3 Å². The molecule has 2 aliphatic rings. The van der Waals surface area contributed by atoms with Crippen molar-refractivity contribution in [2.45, 2.75) is 178 Å². The summed E-state index contributed by atoms with van der Waals surface area (Å²) in [4.78, 5) is 154. The third-order valence-corrected chi connectivity index (χ3v) is 16.7. The lowest BCUT2D eigenvalue weighted by molar-refractivity contribution is -0.149. The second-order valence-corrected chi connectivity index (χ2v) is 23.2. The number of nitrogens with zero attached hydrogens (tertiary/aromatic N) is 2. The van der Waals surface area contributed by atoms with Crippen molar-refractivity contribution < 1.29 is 73.2 Å². The zero-order valence-corrected chi connectivity index (χ0v) is 52.3. The molecule has 0 spiro atoms. The van der Waals surface area contributed by atoms with E-state index >= 15 is 0 Å². The van der Waals surface area contributed by atoms with E-state index in [4.69, 9.17) is 11.5 Å². The van der Waals surface area contributed by atoms with E-state index in [0.717, 1.165) is 0 Å². The highest BCUT2D eigenvalue weighted by Gasteiger charge is 2.46. The van der Waals surface area contributed by atoms with Crippen molar-refractivity contribution in [3.05, 3.63) is 65.7 Å². The fraction of sp³-hybridized carbons (Fsp3) is 0.610. The Morgan fingerprint density at radius 3 is 1.62 bits per heavy atom. The van der Waals surface area contributed by atoms with Gasteiger partial charge < -0.3 is 84.2 Å². The van der Waals surface area contributed by atoms with Crippen LogP contribution in [0.5, 0.6) is 5.75 Å². The van der Waals surface area contributed by atoms with Crippen LogP contribution in [0, 0.1) is 11.8 Å². The van der Waals surface area contributed by atoms with Gasteiger partial charge in [0.05, 0.1) is 18.8 Å². The number of carboxylic acids is 1. The zero-order chi connectivity index (χ0) is 65.4. The molecule has 488 valence electrons. The van der Waals surface area contributed by atoms with E-state index in [1.54, 1.807) is 58.0 Å². The summed E-state index contributed by atoms with van der Waals surface area (Å²) < 4.78 is 0. The molecule has 0 aromatic heterocycles. The Morgan fingerprint density at radius 2 is 1.06 bits per heavy atom. The van der Waals surface area contributed by atoms with Crippen LogP contribution >= 0.6 is 25.3 Å². The zero-order valence-electron chi connectivity index (χ0n) is 50.5. The lowest BCUT2D eigenvalue weighted by Crippen LogP contribution is -2.63. The fourth-order valence-corrected chi connectivity index (χ4v) is 10.7. The molecule has 0 bridgehead atoms. The van der Waals surface area contributed by atoms with Crippen molar-refractivity contribution in [3.8, 4) is 5.75 Å². The Bertz CT molecular complexity index is 2700. The first-order valence-corrected chi connectivity index (χ1v) is 31.2. The molecule has 16 N–H and O–H groups in total. The molecule has 4 rings (SSSR count). The highest BCUT2D eigenvalue weighted by Crippen LogP contribution is 2.27. The van der Waals surface area contributed by atoms with Gasteiger partial charge in [0.25, 0.3) is 0 Å². The second kappa shape index (κ2) is 36.4. The first-order valence-electron chi connectivity index (χ1n) is 29.9. The SMILES string of the molecule is CC[C@H](C)[C@H](NC(=O)[C@@H]1CCCN1C(=O)[C@@H]1CCCN1C(=O)[C@@H](NC(=O)[C@H](CO)NC(=O)[C@H](Cc1ccc(O)cc1)NC(=O)[C@@H](NC(=O)[C@H](CS)NC(=O)[C@@H](N)CCCCN)[C@@H](C)O)[C@@H](C)CC)C(=O)N[C@@H](CS)C(=O)N[C@@H](Cc1ccccc1)C(=O)O. The third-order valence-electron chi connectivity index (χ3n) is 16.0. The van der Waals surface area contributed by atoms with Gasteiger partial charge in [0.1, 0.15) is 66.2 Å². The molecule has 88 heavy (non-hydrogen) atoms. The van der Waals surface area contributed by atoms with Crippen LogP contribution in [0.2, 0.25) is 0 Å². The van der Waals surface area contributed by atoms with Crippen LogP contribution in [-0.2, 0) is 65.6 Å². The molecule has 27 nitrogen and oxygen atoms in total. The van der Waals surface area contributed by atoms with E-state index in [0.29, 0.717) is 56.2 Å². The lowest BCUT2D eigenvalue weighted by Gasteiger charge is -2.35. The van der Waals surface area contributed by atoms with Gasteiger partial charge in [-0.1, -0.05) is 89.4 Å². The summed E-state index contributed by atoms with van der Waals surface area (Å²) in [5.74, 6) is -11.0. The first kappa shape index (κ1) is 73.4. The van der Waals surface area contributed by atoms with Crippen molar-refractivity contribution >= 4 is 90.3 Å². The van der Waals surface area contributed by atoms with Crippen LogP contribution in [-0.4, -0.2) is 206 Å². The quantitative estimate of drug-likeness (QED) is 0.0260. The number of unbranched alkanes of at least 4 members (excludes halogenated alkanes) is 1. The molecular formula is C59H90N12O15S2. The molecular weight excluding hydrogens is 1180 g/mol. The number of amides is 10. The number of benzene rings is 2. The van der Waals surface area contributed by atoms with Crippen LogP contribution in [0.25, 0.3) is 0 Å². The van der Waals surface area contributed by atoms with Crippen LogP contribution in [0.4, 0.5) is 0 Å². The van der Waals surface area contributed by atoms with Gasteiger partial charge in [-0.3, -0.25) is 47.9 Å². The average Bonchev–Trinajstić information content (AvgIpc) is 4.23. The van der Waals surface area contributed by atoms with E-state index in [2.05, 4.69) is 67.8 Å². The molecule has 2 heterocycles. The minimum Gasteiger partial charge on any atom is -0.508 e. The van der Waals surface area contributed by atoms with Gasteiger partial charge >= 0.3 is 5.97 Å². The van der Waals surface area contributed by atoms with Gasteiger partial charge in [0.15, 0.2) is 0 Å². The summed E-state index contributed by atoms with van der Waals surface area (Å²) in [6, 6.07) is -0.357. The topological polar surface area (TPSA) is 423 Å². The second-order valence-electron chi connectivity index (χ2n) is 22.5. The first-order chi connectivity index (χ1) is 41.8. The Morgan fingerprint density at radius 1 is 0.580 bits per heavy atom. The Kier molecular flexibility index (Phi) is 30.4. The van der Waals surface area contributed by atoms with Gasteiger partial charge in [-0.05, 0) is 87.1 Å². The molecule has 0 aliphatic carbocycles. The van der Waals surface area contributed by atoms with E-state index in [1.807, 2.05) is 0 Å². The number of carboxylic acid groups (broad SMARTS) is 1. The van der Waals surface area contributed by atoms with Gasteiger partial charge in [-0.25, -0.2) is 4.79 Å². The fourth-order valence-electron chi connectivity index (χ4n) is 10.2. The molecule has 2 fully saturated rings. The summed E-state index contributed by atoms with van der Waals surface area (Å²) in [5, 5.41) is 61.5. The number of aromatic hydroxyl groups is 1. The maximum atomic E-state index is 14.7. The average molecular weight is 1270 g/mol. The number of aliphatic carboxylic acids is 1. The van der Waals surface area contributed by atoms with Gasteiger partial charge in [0, 0.05) is 37.4 Å². The molecule has 2 aromatic rings. The number of rotatable bonds is 35. The predicted molar refractivity (Wildman–Crippen MR) is 331 cm³/mol. The summed E-state index contributed by atoms with van der Waals surface area (Å²) >= 11 is 8.43. The summed E-state index contributed by atoms with van der Waals surface area (Å²) in [6.07, 6.45) is 1.52. The molecule has 29 heteroatoms. The smallest absolute Gasteiger partial charge is 0.326 e. The minimum atomic E-state index is -1.74. The third kappa shape index (κ3) is 21.3. The van der Waals surface area contributed by atoms with E-state index in [1.165, 1.54) is 41.0 Å². The van der Waals surface area contributed by atoms with Gasteiger partial charge in [-0.15, -0.1) is 0 Å². The van der Waals surface area contributed by atoms with Crippen molar-refractivity contribution in [2.75, 3.05) is 37.7 Å². The normalized spacial score (nSPS) is 18.9. The van der Waals surface area contributed by atoms with E-state index < -0.39 is 156 Å². The number of nitrogens with two attached hydrogens (primary N) is 2. The van der Waals surface area contributed by atoms with Crippen LogP contribution in [0.15, 0.2) is 54.6 Å².